The molecule has 0 radical (unpaired) electrons. The van der Waals surface area contributed by atoms with Gasteiger partial charge < -0.3 is 20.4 Å². The van der Waals surface area contributed by atoms with E-state index in [1.165, 1.54) is 0 Å². The molecule has 0 bridgehead atoms. The number of benzene rings is 8. The van der Waals surface area contributed by atoms with Crippen LogP contribution in [-0.2, 0) is 5.41 Å². The summed E-state index contributed by atoms with van der Waals surface area (Å²) in [6, 6.07) is 61.3. The van der Waals surface area contributed by atoms with Crippen molar-refractivity contribution >= 4 is 23.7 Å². The van der Waals surface area contributed by atoms with Crippen LogP contribution in [0.2, 0.25) is 0 Å². The maximum absolute atomic E-state index is 11.6. The average Bonchev–Trinajstić information content (AvgIpc) is 3.30. The monoisotopic (exact) mass is 798 g/mol. The van der Waals surface area contributed by atoms with Crippen molar-refractivity contribution in [3.8, 4) is 44.5 Å². The zero-order valence-corrected chi connectivity index (χ0v) is 32.7. The van der Waals surface area contributed by atoms with Crippen LogP contribution in [0.4, 0.5) is 0 Å². The predicted molar refractivity (Wildman–Crippen MR) is 239 cm³/mol. The van der Waals surface area contributed by atoms with E-state index in [1.54, 1.807) is 72.8 Å². The molecule has 0 aromatic heterocycles. The summed E-state index contributed by atoms with van der Waals surface area (Å²) in [5.74, 6) is -2.96. The molecule has 4 N–H and O–H groups in total. The summed E-state index contributed by atoms with van der Waals surface area (Å²) in [5.41, 5.74) is 11.6. The lowest BCUT2D eigenvalue weighted by atomic mass is 9.64. The normalized spacial score (nSPS) is 11.1. The van der Waals surface area contributed by atoms with Crippen LogP contribution in [0.1, 0.15) is 58.9 Å². The smallest absolute Gasteiger partial charge is 0.335 e. The van der Waals surface area contributed by atoms with E-state index < -0.39 is 23.3 Å². The van der Waals surface area contributed by atoms with Crippen molar-refractivity contribution in [3.05, 3.63) is 245 Å². The van der Waals surface area contributed by atoms with Gasteiger partial charge in [0, 0.05) is 5.56 Å². The Kier molecular flexibility index (Phi) is 10.7. The fourth-order valence-corrected chi connectivity index (χ4v) is 7.92. The molecule has 0 unspecified atom stereocenters. The van der Waals surface area contributed by atoms with Crippen LogP contribution >= 0.6 is 0 Å². The molecule has 0 spiro atoms. The first-order valence-corrected chi connectivity index (χ1v) is 19.4. The van der Waals surface area contributed by atoms with Gasteiger partial charge in [-0.1, -0.05) is 164 Å². The molecule has 8 aromatic rings. The summed E-state index contributed by atoms with van der Waals surface area (Å²) >= 11 is 0. The molecule has 0 heterocycles. The molecular formula is C54H38O7. The second-order valence-corrected chi connectivity index (χ2v) is 14.7. The average molecular weight is 799 g/mol. The van der Waals surface area contributed by atoms with Crippen molar-refractivity contribution in [1.29, 1.82) is 0 Å². The summed E-state index contributed by atoms with van der Waals surface area (Å²) < 4.78 is 0. The molecule has 7 heteroatoms. The summed E-state index contributed by atoms with van der Waals surface area (Å²) in [6.45, 7) is 3.64. The molecule has 8 aromatic carbocycles. The Morgan fingerprint density at radius 1 is 0.279 bits per heavy atom. The highest BCUT2D eigenvalue weighted by atomic mass is 16.4. The van der Waals surface area contributed by atoms with E-state index in [0.29, 0.717) is 5.56 Å². The number of hydrogen-bond donors (Lipinski definition) is 4. The number of hydrogen-bond acceptors (Lipinski definition) is 4. The van der Waals surface area contributed by atoms with Crippen molar-refractivity contribution in [3.63, 3.8) is 0 Å². The van der Waals surface area contributed by atoms with Gasteiger partial charge in [-0.15, -0.1) is 0 Å². The fraction of sp³-hybridized carbons (Fsp3) is 0.0185. The molecule has 0 aliphatic rings. The van der Waals surface area contributed by atoms with Gasteiger partial charge in [0.1, 0.15) is 5.76 Å². The minimum Gasteiger partial charge on any atom is -0.508 e. The first kappa shape index (κ1) is 39.5. The number of carboxylic acids is 3. The lowest BCUT2D eigenvalue weighted by Crippen LogP contribution is -2.31. The van der Waals surface area contributed by atoms with Crippen molar-refractivity contribution in [1.82, 2.24) is 0 Å². The van der Waals surface area contributed by atoms with Crippen molar-refractivity contribution in [2.45, 2.75) is 5.41 Å². The number of carbonyl (C=O) groups is 3. The van der Waals surface area contributed by atoms with Crippen molar-refractivity contribution < 1.29 is 34.8 Å². The fourth-order valence-electron chi connectivity index (χ4n) is 7.92. The van der Waals surface area contributed by atoms with E-state index in [2.05, 4.69) is 67.2 Å². The lowest BCUT2D eigenvalue weighted by Gasteiger charge is -2.37. The van der Waals surface area contributed by atoms with Gasteiger partial charge in [-0.2, -0.15) is 0 Å². The highest BCUT2D eigenvalue weighted by Crippen LogP contribution is 2.47. The minimum absolute atomic E-state index is 0.00145. The SMILES string of the molecule is C=C(O)c1ccc(-c2ccc(C(c3ccc(-c4ccc(C(=O)O)cc4)cc3)(c3ccc(-c4ccc(C(=O)O)cc4)cc3)c3ccc(-c4ccc(C(=O)O)cc4)cc3)cc2)cc1. The van der Waals surface area contributed by atoms with Crippen LogP contribution in [0.15, 0.2) is 201 Å². The van der Waals surface area contributed by atoms with Gasteiger partial charge in [0.15, 0.2) is 0 Å². The number of carboxylic acid groups (broad SMARTS) is 3. The summed E-state index contributed by atoms with van der Waals surface area (Å²) in [6.07, 6.45) is 0. The molecule has 0 aliphatic carbocycles. The molecule has 0 saturated carbocycles. The largest absolute Gasteiger partial charge is 0.508 e. The van der Waals surface area contributed by atoms with E-state index in [9.17, 15) is 34.8 Å². The van der Waals surface area contributed by atoms with Gasteiger partial charge in [-0.3, -0.25) is 0 Å². The van der Waals surface area contributed by atoms with Crippen LogP contribution in [0.25, 0.3) is 50.3 Å². The van der Waals surface area contributed by atoms with Gasteiger partial charge >= 0.3 is 17.9 Å². The minimum atomic E-state index is -0.989. The maximum atomic E-state index is 11.6. The molecule has 296 valence electrons. The standard InChI is InChI=1S/C54H38O7/c1-34(55)35-2-4-36(5-3-35)40-18-26-47(27-19-40)54(48-28-20-41(21-29-48)37-6-12-44(13-7-37)51(56)57,49-30-22-42(23-31-49)38-8-14-45(15-9-38)52(58)59)50-32-24-43(25-33-50)39-10-16-46(17-11-39)53(60)61/h2-33,55H,1H2,(H,56,57)(H,58,59)(H,60,61). The van der Waals surface area contributed by atoms with E-state index in [4.69, 9.17) is 0 Å². The Labute approximate surface area is 352 Å². The highest BCUT2D eigenvalue weighted by molar-refractivity contribution is 5.89. The third-order valence-electron chi connectivity index (χ3n) is 11.2. The zero-order chi connectivity index (χ0) is 42.7. The Bertz CT molecular complexity index is 2470. The Balaban J connectivity index is 1.31. The van der Waals surface area contributed by atoms with Crippen molar-refractivity contribution in [2.75, 3.05) is 0 Å². The first-order valence-electron chi connectivity index (χ1n) is 19.4. The van der Waals surface area contributed by atoms with Gasteiger partial charge in [-0.05, 0) is 103 Å². The summed E-state index contributed by atoms with van der Waals surface area (Å²) in [4.78, 5) is 34.7. The topological polar surface area (TPSA) is 132 Å². The Morgan fingerprint density at radius 3 is 0.607 bits per heavy atom. The Morgan fingerprint density at radius 2 is 0.443 bits per heavy atom. The van der Waals surface area contributed by atoms with Crippen LogP contribution in [0, 0.1) is 0 Å². The number of aliphatic hydroxyl groups excluding tert-OH is 1. The molecule has 0 aliphatic heterocycles. The van der Waals surface area contributed by atoms with Crippen molar-refractivity contribution in [2.24, 2.45) is 0 Å². The number of rotatable bonds is 12. The molecule has 0 amide bonds. The molecule has 8 rings (SSSR count). The molecule has 61 heavy (non-hydrogen) atoms. The van der Waals surface area contributed by atoms with E-state index in [1.807, 2.05) is 60.7 Å². The summed E-state index contributed by atoms with van der Waals surface area (Å²) in [5, 5.41) is 38.4. The lowest BCUT2D eigenvalue weighted by molar-refractivity contribution is 0.0686. The maximum Gasteiger partial charge on any atom is 0.335 e. The molecule has 0 saturated heterocycles. The Hall–Kier alpha value is -8.29. The first-order chi connectivity index (χ1) is 29.5. The molecule has 0 fully saturated rings. The van der Waals surface area contributed by atoms with E-state index >= 15 is 0 Å². The highest BCUT2D eigenvalue weighted by Gasteiger charge is 2.38. The van der Waals surface area contributed by atoms with Crippen LogP contribution in [0.3, 0.4) is 0 Å². The van der Waals surface area contributed by atoms with Crippen LogP contribution in [-0.4, -0.2) is 38.3 Å². The number of aliphatic hydroxyl groups is 1. The van der Waals surface area contributed by atoms with Gasteiger partial charge in [0.05, 0.1) is 22.1 Å². The van der Waals surface area contributed by atoms with Gasteiger partial charge in [0.25, 0.3) is 0 Å². The third-order valence-corrected chi connectivity index (χ3v) is 11.2. The quantitative estimate of drug-likeness (QED) is 0.0714. The molecule has 7 nitrogen and oxygen atoms in total. The zero-order valence-electron chi connectivity index (χ0n) is 32.7. The van der Waals surface area contributed by atoms with Crippen LogP contribution in [0.5, 0.6) is 0 Å². The third kappa shape index (κ3) is 7.83. The second kappa shape index (κ2) is 16.5. The number of aromatic carboxylic acids is 3. The van der Waals surface area contributed by atoms with E-state index in [0.717, 1.165) is 66.8 Å². The molecular weight excluding hydrogens is 761 g/mol. The van der Waals surface area contributed by atoms with Crippen LogP contribution < -0.4 is 0 Å². The van der Waals surface area contributed by atoms with E-state index in [-0.39, 0.29) is 22.4 Å². The van der Waals surface area contributed by atoms with Gasteiger partial charge in [0.2, 0.25) is 0 Å². The van der Waals surface area contributed by atoms with Gasteiger partial charge in [-0.25, -0.2) is 14.4 Å². The molecule has 0 atom stereocenters. The predicted octanol–water partition coefficient (Wildman–Crippen LogP) is 12.4. The summed E-state index contributed by atoms with van der Waals surface area (Å²) in [7, 11) is 0. The second-order valence-electron chi connectivity index (χ2n) is 14.7.